The molecule has 0 aliphatic carbocycles. The first kappa shape index (κ1) is 13.0. The molecule has 3 rings (SSSR count). The Hall–Kier alpha value is -1.96. The van der Waals surface area contributed by atoms with Gasteiger partial charge in [-0.15, -0.1) is 0 Å². The lowest BCUT2D eigenvalue weighted by atomic mass is 10.0. The van der Waals surface area contributed by atoms with Crippen LogP contribution in [0.15, 0.2) is 53.5 Å². The molecule has 0 bridgehead atoms. The second-order valence-electron chi connectivity index (χ2n) is 5.21. The SMILES string of the molecule is CCc1ccc(C2CCC(c3ccccc3F)=N2)cc1. The summed E-state index contributed by atoms with van der Waals surface area (Å²) in [7, 11) is 0. The number of rotatable bonds is 3. The van der Waals surface area contributed by atoms with Crippen LogP contribution in [0.2, 0.25) is 0 Å². The molecule has 2 aromatic carbocycles. The van der Waals surface area contributed by atoms with Crippen molar-refractivity contribution in [3.8, 4) is 0 Å². The van der Waals surface area contributed by atoms with Crippen LogP contribution >= 0.6 is 0 Å². The average Bonchev–Trinajstić information content (AvgIpc) is 2.97. The molecule has 1 unspecified atom stereocenters. The summed E-state index contributed by atoms with van der Waals surface area (Å²) >= 11 is 0. The van der Waals surface area contributed by atoms with Crippen LogP contribution in [0.3, 0.4) is 0 Å². The minimum Gasteiger partial charge on any atom is -0.281 e. The van der Waals surface area contributed by atoms with Crippen LogP contribution in [0, 0.1) is 5.82 Å². The van der Waals surface area contributed by atoms with Crippen molar-refractivity contribution in [3.05, 3.63) is 71.0 Å². The average molecular weight is 267 g/mol. The molecule has 0 N–H and O–H groups in total. The third-order valence-electron chi connectivity index (χ3n) is 3.92. The summed E-state index contributed by atoms with van der Waals surface area (Å²) in [5.41, 5.74) is 4.12. The number of aliphatic imine (C=N–C) groups is 1. The lowest BCUT2D eigenvalue weighted by Crippen LogP contribution is -1.99. The van der Waals surface area contributed by atoms with Gasteiger partial charge in [0.25, 0.3) is 0 Å². The number of aryl methyl sites for hydroxylation is 1. The molecule has 1 aliphatic rings. The predicted molar refractivity (Wildman–Crippen MR) is 80.7 cm³/mol. The van der Waals surface area contributed by atoms with Gasteiger partial charge in [0.05, 0.1) is 6.04 Å². The van der Waals surface area contributed by atoms with Gasteiger partial charge in [-0.05, 0) is 36.5 Å². The van der Waals surface area contributed by atoms with E-state index in [0.717, 1.165) is 25.0 Å². The third kappa shape index (κ3) is 2.51. The predicted octanol–water partition coefficient (Wildman–Crippen LogP) is 4.71. The highest BCUT2D eigenvalue weighted by Gasteiger charge is 2.21. The molecule has 1 aliphatic heterocycles. The Labute approximate surface area is 119 Å². The van der Waals surface area contributed by atoms with E-state index < -0.39 is 0 Å². The van der Waals surface area contributed by atoms with Gasteiger partial charge in [0.1, 0.15) is 5.82 Å². The summed E-state index contributed by atoms with van der Waals surface area (Å²) < 4.78 is 13.8. The lowest BCUT2D eigenvalue weighted by Gasteiger charge is -2.07. The molecule has 0 amide bonds. The molecule has 0 fully saturated rings. The van der Waals surface area contributed by atoms with Crippen LogP contribution in [-0.4, -0.2) is 5.71 Å². The van der Waals surface area contributed by atoms with E-state index in [-0.39, 0.29) is 11.9 Å². The van der Waals surface area contributed by atoms with Crippen LogP contribution < -0.4 is 0 Å². The molecule has 0 radical (unpaired) electrons. The van der Waals surface area contributed by atoms with Crippen LogP contribution in [0.4, 0.5) is 4.39 Å². The molecule has 0 aromatic heterocycles. The zero-order valence-corrected chi connectivity index (χ0v) is 11.6. The van der Waals surface area contributed by atoms with Gasteiger partial charge in [-0.25, -0.2) is 4.39 Å². The summed E-state index contributed by atoms with van der Waals surface area (Å²) in [6.07, 6.45) is 2.87. The molecule has 0 saturated heterocycles. The second-order valence-corrected chi connectivity index (χ2v) is 5.21. The van der Waals surface area contributed by atoms with Crippen molar-refractivity contribution in [3.63, 3.8) is 0 Å². The fraction of sp³-hybridized carbons (Fsp3) is 0.278. The Balaban J connectivity index is 1.85. The zero-order chi connectivity index (χ0) is 13.9. The topological polar surface area (TPSA) is 12.4 Å². The number of nitrogens with zero attached hydrogens (tertiary/aromatic N) is 1. The van der Waals surface area contributed by atoms with Gasteiger partial charge in [0.15, 0.2) is 0 Å². The molecule has 0 spiro atoms. The summed E-state index contributed by atoms with van der Waals surface area (Å²) in [6.45, 7) is 2.15. The van der Waals surface area contributed by atoms with Gasteiger partial charge in [0, 0.05) is 11.3 Å². The van der Waals surface area contributed by atoms with E-state index in [2.05, 4.69) is 31.2 Å². The van der Waals surface area contributed by atoms with E-state index in [1.807, 2.05) is 12.1 Å². The van der Waals surface area contributed by atoms with Crippen molar-refractivity contribution in [1.82, 2.24) is 0 Å². The highest BCUT2D eigenvalue weighted by Crippen LogP contribution is 2.31. The molecule has 1 atom stereocenters. The molecule has 20 heavy (non-hydrogen) atoms. The number of hydrogen-bond donors (Lipinski definition) is 0. The number of benzene rings is 2. The van der Waals surface area contributed by atoms with E-state index in [9.17, 15) is 4.39 Å². The summed E-state index contributed by atoms with van der Waals surface area (Å²) in [4.78, 5) is 4.72. The second kappa shape index (κ2) is 5.58. The molecular weight excluding hydrogens is 249 g/mol. The lowest BCUT2D eigenvalue weighted by molar-refractivity contribution is 0.625. The van der Waals surface area contributed by atoms with Crippen molar-refractivity contribution in [1.29, 1.82) is 0 Å². The molecule has 2 heteroatoms. The quantitative estimate of drug-likeness (QED) is 0.763. The van der Waals surface area contributed by atoms with Crippen molar-refractivity contribution in [2.24, 2.45) is 4.99 Å². The first-order chi connectivity index (χ1) is 9.78. The van der Waals surface area contributed by atoms with Crippen molar-refractivity contribution in [2.45, 2.75) is 32.2 Å². The number of halogens is 1. The van der Waals surface area contributed by atoms with Crippen LogP contribution in [0.5, 0.6) is 0 Å². The van der Waals surface area contributed by atoms with Crippen molar-refractivity contribution < 1.29 is 4.39 Å². The normalized spacial score (nSPS) is 18.1. The minimum atomic E-state index is -0.173. The smallest absolute Gasteiger partial charge is 0.132 e. The Bertz CT molecular complexity index is 628. The van der Waals surface area contributed by atoms with Crippen LogP contribution in [-0.2, 0) is 6.42 Å². The van der Waals surface area contributed by atoms with Gasteiger partial charge in [-0.3, -0.25) is 4.99 Å². The first-order valence-corrected chi connectivity index (χ1v) is 7.18. The standard InChI is InChI=1S/C18H18FN/c1-2-13-7-9-14(10-8-13)17-11-12-18(20-17)15-5-3-4-6-16(15)19/h3-10,17H,2,11-12H2,1H3. The van der Waals surface area contributed by atoms with E-state index >= 15 is 0 Å². The van der Waals surface area contributed by atoms with Gasteiger partial charge < -0.3 is 0 Å². The Kier molecular flexibility index (Phi) is 3.64. The molecule has 1 nitrogen and oxygen atoms in total. The molecular formula is C18H18FN. The third-order valence-corrected chi connectivity index (χ3v) is 3.92. The molecule has 102 valence electrons. The largest absolute Gasteiger partial charge is 0.281 e. The monoisotopic (exact) mass is 267 g/mol. The Morgan fingerprint density at radius 2 is 1.85 bits per heavy atom. The summed E-state index contributed by atoms with van der Waals surface area (Å²) in [5, 5.41) is 0. The minimum absolute atomic E-state index is 0.173. The van der Waals surface area contributed by atoms with E-state index in [0.29, 0.717) is 5.56 Å². The van der Waals surface area contributed by atoms with E-state index in [1.54, 1.807) is 6.07 Å². The maximum absolute atomic E-state index is 13.8. The maximum atomic E-state index is 13.8. The fourth-order valence-electron chi connectivity index (χ4n) is 2.71. The fourth-order valence-corrected chi connectivity index (χ4v) is 2.71. The van der Waals surface area contributed by atoms with Crippen molar-refractivity contribution >= 4 is 5.71 Å². The highest BCUT2D eigenvalue weighted by atomic mass is 19.1. The summed E-state index contributed by atoms with van der Waals surface area (Å²) in [5.74, 6) is -0.173. The van der Waals surface area contributed by atoms with Gasteiger partial charge in [-0.1, -0.05) is 49.4 Å². The highest BCUT2D eigenvalue weighted by molar-refractivity contribution is 6.02. The molecule has 0 saturated carbocycles. The Morgan fingerprint density at radius 1 is 1.10 bits per heavy atom. The Morgan fingerprint density at radius 3 is 2.55 bits per heavy atom. The van der Waals surface area contributed by atoms with Crippen molar-refractivity contribution in [2.75, 3.05) is 0 Å². The first-order valence-electron chi connectivity index (χ1n) is 7.18. The maximum Gasteiger partial charge on any atom is 0.132 e. The van der Waals surface area contributed by atoms with Gasteiger partial charge >= 0.3 is 0 Å². The van der Waals surface area contributed by atoms with E-state index in [4.69, 9.17) is 4.99 Å². The van der Waals surface area contributed by atoms with Gasteiger partial charge in [0.2, 0.25) is 0 Å². The van der Waals surface area contributed by atoms with Crippen LogP contribution in [0.25, 0.3) is 0 Å². The van der Waals surface area contributed by atoms with E-state index in [1.165, 1.54) is 17.2 Å². The van der Waals surface area contributed by atoms with Crippen LogP contribution in [0.1, 0.15) is 42.5 Å². The molecule has 2 aromatic rings. The molecule has 1 heterocycles. The zero-order valence-electron chi connectivity index (χ0n) is 11.6. The van der Waals surface area contributed by atoms with Gasteiger partial charge in [-0.2, -0.15) is 0 Å². The summed E-state index contributed by atoms with van der Waals surface area (Å²) in [6, 6.07) is 15.7. The number of hydrogen-bond acceptors (Lipinski definition) is 1.